The zero-order chi connectivity index (χ0) is 8.97. The van der Waals surface area contributed by atoms with E-state index in [4.69, 9.17) is 0 Å². The van der Waals surface area contributed by atoms with Crippen molar-refractivity contribution in [2.75, 3.05) is 12.5 Å². The highest BCUT2D eigenvalue weighted by Gasteiger charge is 1.94. The molecule has 0 unspecified atom stereocenters. The molecule has 1 aromatic carbocycles. The first-order valence-corrected chi connectivity index (χ1v) is 3.31. The van der Waals surface area contributed by atoms with E-state index >= 15 is 0 Å². The van der Waals surface area contributed by atoms with Crippen molar-refractivity contribution in [1.29, 1.82) is 0 Å². The van der Waals surface area contributed by atoms with E-state index in [2.05, 4.69) is 10.6 Å². The molecule has 0 aromatic heterocycles. The maximum absolute atomic E-state index is 12.4. The smallest absolute Gasteiger partial charge is 0.147 e. The summed E-state index contributed by atoms with van der Waals surface area (Å²) in [6, 6.07) is 5.54. The molecular weight excluding hydrogens is 161 g/mol. The predicted molar refractivity (Wildman–Crippen MR) is 42.0 cm³/mol. The Kier molecular flexibility index (Phi) is 2.57. The summed E-state index contributed by atoms with van der Waals surface area (Å²) >= 11 is 0. The highest BCUT2D eigenvalue weighted by molar-refractivity contribution is 5.41. The highest BCUT2D eigenvalue weighted by atomic mass is 19.1. The Morgan fingerprint density at radius 3 is 2.50 bits per heavy atom. The van der Waals surface area contributed by atoms with Crippen LogP contribution in [0.15, 0.2) is 29.5 Å². The standard InChI is InChI=1S/C7H8FN3O/c1-11(12)10-9-7-4-2-6(8)3-5-7/h2-5,9H,1H3/b11-10+. The van der Waals surface area contributed by atoms with E-state index in [9.17, 15) is 9.60 Å². The minimum Gasteiger partial charge on any atom is -0.696 e. The number of nitrogens with one attached hydrogen (secondary N) is 1. The SMILES string of the molecule is C/[N+]([O-])=N\Nc1ccc(F)cc1. The number of hydrogen-bond acceptors (Lipinski definition) is 2. The van der Waals surface area contributed by atoms with Crippen LogP contribution in [0.3, 0.4) is 0 Å². The first-order chi connectivity index (χ1) is 5.68. The van der Waals surface area contributed by atoms with Crippen LogP contribution < -0.4 is 5.43 Å². The van der Waals surface area contributed by atoms with Crippen molar-refractivity contribution in [3.8, 4) is 0 Å². The minimum absolute atomic E-state index is 0.323. The van der Waals surface area contributed by atoms with Crippen LogP contribution >= 0.6 is 0 Å². The number of nitrogens with zero attached hydrogens (tertiary/aromatic N) is 2. The van der Waals surface area contributed by atoms with Crippen molar-refractivity contribution in [3.05, 3.63) is 35.3 Å². The second-order valence-electron chi connectivity index (χ2n) is 2.18. The number of hydroxylamine groups is 1. The van der Waals surface area contributed by atoms with Gasteiger partial charge in [-0.1, -0.05) is 0 Å². The Balaban J connectivity index is 2.65. The van der Waals surface area contributed by atoms with E-state index in [0.717, 1.165) is 0 Å². The van der Waals surface area contributed by atoms with Crippen molar-refractivity contribution in [3.63, 3.8) is 0 Å². The topological polar surface area (TPSA) is 50.5 Å². The van der Waals surface area contributed by atoms with E-state index in [1.54, 1.807) is 0 Å². The summed E-state index contributed by atoms with van der Waals surface area (Å²) in [6.45, 7) is 0. The van der Waals surface area contributed by atoms with Gasteiger partial charge in [0, 0.05) is 0 Å². The van der Waals surface area contributed by atoms with E-state index in [1.165, 1.54) is 31.3 Å². The van der Waals surface area contributed by atoms with Gasteiger partial charge in [-0.25, -0.2) is 4.39 Å². The van der Waals surface area contributed by atoms with E-state index in [1.807, 2.05) is 0 Å². The normalized spacial score (nSPS) is 11.3. The quantitative estimate of drug-likeness (QED) is 0.416. The van der Waals surface area contributed by atoms with Crippen LogP contribution in [0.1, 0.15) is 0 Å². The fourth-order valence-corrected chi connectivity index (χ4v) is 0.653. The lowest BCUT2D eigenvalue weighted by atomic mass is 10.3. The molecule has 1 rings (SSSR count). The third-order valence-corrected chi connectivity index (χ3v) is 1.16. The van der Waals surface area contributed by atoms with Gasteiger partial charge in [0.2, 0.25) is 0 Å². The van der Waals surface area contributed by atoms with Crippen LogP contribution in [0.4, 0.5) is 10.1 Å². The number of anilines is 1. The van der Waals surface area contributed by atoms with Crippen molar-refractivity contribution in [2.24, 2.45) is 5.22 Å². The molecule has 0 aliphatic heterocycles. The second kappa shape index (κ2) is 3.66. The molecule has 0 radical (unpaired) electrons. The number of halogens is 1. The molecule has 1 aromatic rings. The molecule has 5 heteroatoms. The minimum atomic E-state index is -0.323. The fraction of sp³-hybridized carbons (Fsp3) is 0.143. The average Bonchev–Trinajstić information content (AvgIpc) is 2.03. The molecule has 0 heterocycles. The highest BCUT2D eigenvalue weighted by Crippen LogP contribution is 2.07. The van der Waals surface area contributed by atoms with Gasteiger partial charge in [-0.15, -0.1) is 5.43 Å². The molecule has 0 saturated carbocycles. The third-order valence-electron chi connectivity index (χ3n) is 1.16. The molecule has 0 amide bonds. The van der Waals surface area contributed by atoms with Gasteiger partial charge >= 0.3 is 0 Å². The summed E-state index contributed by atoms with van der Waals surface area (Å²) in [5.41, 5.74) is 3.01. The number of benzene rings is 1. The molecular formula is C7H8FN3O. The Morgan fingerprint density at radius 1 is 1.42 bits per heavy atom. The molecule has 0 aliphatic carbocycles. The molecule has 0 aliphatic rings. The van der Waals surface area contributed by atoms with E-state index < -0.39 is 0 Å². The molecule has 0 fully saturated rings. The van der Waals surface area contributed by atoms with Gasteiger partial charge in [0.1, 0.15) is 18.6 Å². The lowest BCUT2D eigenvalue weighted by molar-refractivity contribution is -0.497. The van der Waals surface area contributed by atoms with Crippen LogP contribution in [0.25, 0.3) is 0 Å². The lowest BCUT2D eigenvalue weighted by Crippen LogP contribution is -1.96. The van der Waals surface area contributed by atoms with Crippen LogP contribution in [0.5, 0.6) is 0 Å². The molecule has 0 bridgehead atoms. The molecule has 1 N–H and O–H groups in total. The summed E-state index contributed by atoms with van der Waals surface area (Å²) in [4.78, 5) is 0.378. The summed E-state index contributed by atoms with van der Waals surface area (Å²) in [7, 11) is 1.25. The van der Waals surface area contributed by atoms with Crippen LogP contribution in [-0.4, -0.2) is 11.9 Å². The number of hydrogen-bond donors (Lipinski definition) is 1. The molecule has 4 nitrogen and oxygen atoms in total. The molecule has 0 spiro atoms. The zero-order valence-corrected chi connectivity index (χ0v) is 6.49. The monoisotopic (exact) mass is 169 g/mol. The van der Waals surface area contributed by atoms with Crippen molar-refractivity contribution in [2.45, 2.75) is 0 Å². The molecule has 64 valence electrons. The van der Waals surface area contributed by atoms with Gasteiger partial charge < -0.3 is 5.21 Å². The lowest BCUT2D eigenvalue weighted by Gasteiger charge is -1.96. The summed E-state index contributed by atoms with van der Waals surface area (Å²) in [5, 5.41) is 13.6. The fourth-order valence-electron chi connectivity index (χ4n) is 0.653. The van der Waals surface area contributed by atoms with Crippen LogP contribution in [-0.2, 0) is 0 Å². The average molecular weight is 169 g/mol. The molecule has 0 saturated heterocycles. The second-order valence-corrected chi connectivity index (χ2v) is 2.18. The predicted octanol–water partition coefficient (Wildman–Crippen LogP) is 1.74. The Bertz CT molecular complexity index is 279. The Labute approximate surface area is 68.9 Å². The van der Waals surface area contributed by atoms with Gasteiger partial charge in [0.15, 0.2) is 0 Å². The molecule has 0 atom stereocenters. The van der Waals surface area contributed by atoms with Gasteiger partial charge in [0.25, 0.3) is 0 Å². The maximum atomic E-state index is 12.4. The summed E-state index contributed by atoms with van der Waals surface area (Å²) in [6.07, 6.45) is 0. The van der Waals surface area contributed by atoms with Crippen molar-refractivity contribution < 1.29 is 9.25 Å². The van der Waals surface area contributed by atoms with Crippen LogP contribution in [0.2, 0.25) is 0 Å². The Morgan fingerprint density at radius 2 is 2.00 bits per heavy atom. The zero-order valence-electron chi connectivity index (χ0n) is 6.49. The van der Waals surface area contributed by atoms with E-state index in [0.29, 0.717) is 10.5 Å². The largest absolute Gasteiger partial charge is 0.696 e. The first kappa shape index (κ1) is 8.45. The van der Waals surface area contributed by atoms with E-state index in [-0.39, 0.29) is 5.82 Å². The maximum Gasteiger partial charge on any atom is 0.147 e. The first-order valence-electron chi connectivity index (χ1n) is 3.31. The van der Waals surface area contributed by atoms with Gasteiger partial charge in [-0.2, -0.15) is 4.86 Å². The molecule has 12 heavy (non-hydrogen) atoms. The van der Waals surface area contributed by atoms with Crippen LogP contribution in [0, 0.1) is 11.0 Å². The van der Waals surface area contributed by atoms with Gasteiger partial charge in [0.05, 0.1) is 5.22 Å². The van der Waals surface area contributed by atoms with Gasteiger partial charge in [-0.3, -0.25) is 0 Å². The van der Waals surface area contributed by atoms with Crippen molar-refractivity contribution in [1.82, 2.24) is 0 Å². The number of rotatable bonds is 2. The van der Waals surface area contributed by atoms with Gasteiger partial charge in [-0.05, 0) is 24.3 Å². The summed E-state index contributed by atoms with van der Waals surface area (Å²) in [5.74, 6) is -0.323. The summed E-state index contributed by atoms with van der Waals surface area (Å²) < 4.78 is 12.4. The third kappa shape index (κ3) is 2.53. The van der Waals surface area contributed by atoms with Crippen molar-refractivity contribution >= 4 is 5.69 Å². The Hall–Kier alpha value is -1.65.